The average Bonchev–Trinajstić information content (AvgIpc) is 2.52. The van der Waals surface area contributed by atoms with Gasteiger partial charge in [-0.15, -0.1) is 0 Å². The van der Waals surface area contributed by atoms with Crippen molar-refractivity contribution >= 4 is 11.8 Å². The molecule has 2 rings (SSSR count). The smallest absolute Gasteiger partial charge is 0.355 e. The van der Waals surface area contributed by atoms with E-state index in [1.807, 2.05) is 13.8 Å². The van der Waals surface area contributed by atoms with Crippen molar-refractivity contribution in [3.05, 3.63) is 35.4 Å². The summed E-state index contributed by atoms with van der Waals surface area (Å²) in [7, 11) is 0. The lowest BCUT2D eigenvalue weighted by Crippen LogP contribution is -2.44. The zero-order valence-corrected chi connectivity index (χ0v) is 13.6. The maximum absolute atomic E-state index is 12.9. The Bertz CT molecular complexity index is 604. The van der Waals surface area contributed by atoms with Gasteiger partial charge in [-0.25, -0.2) is 0 Å². The molecular weight excluding hydrogens is 321 g/mol. The van der Waals surface area contributed by atoms with E-state index in [0.717, 1.165) is 12.1 Å². The summed E-state index contributed by atoms with van der Waals surface area (Å²) in [5, 5.41) is 5.47. The quantitative estimate of drug-likeness (QED) is 0.884. The number of amides is 2. The highest BCUT2D eigenvalue weighted by Gasteiger charge is 2.32. The third-order valence-electron chi connectivity index (χ3n) is 4.17. The van der Waals surface area contributed by atoms with E-state index in [-0.39, 0.29) is 36.6 Å². The highest BCUT2D eigenvalue weighted by molar-refractivity contribution is 5.84. The predicted octanol–water partition coefficient (Wildman–Crippen LogP) is 3.04. The molecule has 1 aliphatic heterocycles. The largest absolute Gasteiger partial charge is 0.416 e. The number of carbonyl (C=O) groups excluding carboxylic acids is 2. The molecule has 0 radical (unpaired) electrons. The second-order valence-corrected chi connectivity index (χ2v) is 6.39. The van der Waals surface area contributed by atoms with E-state index in [9.17, 15) is 22.8 Å². The van der Waals surface area contributed by atoms with E-state index in [0.29, 0.717) is 12.0 Å². The minimum absolute atomic E-state index is 0.0735. The molecule has 1 heterocycles. The van der Waals surface area contributed by atoms with Crippen molar-refractivity contribution in [1.82, 2.24) is 10.6 Å². The normalized spacial score (nSPS) is 19.8. The van der Waals surface area contributed by atoms with E-state index in [1.165, 1.54) is 6.07 Å². The van der Waals surface area contributed by atoms with Crippen LogP contribution in [-0.4, -0.2) is 18.4 Å². The molecule has 1 saturated heterocycles. The van der Waals surface area contributed by atoms with Crippen molar-refractivity contribution in [1.29, 1.82) is 0 Å². The fourth-order valence-electron chi connectivity index (χ4n) is 2.77. The average molecular weight is 342 g/mol. The Hall–Kier alpha value is -2.05. The first-order valence-corrected chi connectivity index (χ1v) is 7.92. The molecule has 1 aromatic carbocycles. The van der Waals surface area contributed by atoms with Crippen molar-refractivity contribution in [2.24, 2.45) is 11.8 Å². The van der Waals surface area contributed by atoms with Gasteiger partial charge >= 0.3 is 6.18 Å². The predicted molar refractivity (Wildman–Crippen MR) is 82.9 cm³/mol. The molecule has 2 amide bonds. The highest BCUT2D eigenvalue weighted by atomic mass is 19.4. The molecule has 7 heteroatoms. The molecule has 0 aromatic heterocycles. The van der Waals surface area contributed by atoms with Gasteiger partial charge in [-0.1, -0.05) is 26.0 Å². The number of nitrogens with one attached hydrogen (secondary N) is 2. The van der Waals surface area contributed by atoms with E-state index in [4.69, 9.17) is 0 Å². The van der Waals surface area contributed by atoms with E-state index in [2.05, 4.69) is 10.6 Å². The fourth-order valence-corrected chi connectivity index (χ4v) is 2.77. The zero-order valence-electron chi connectivity index (χ0n) is 13.6. The Morgan fingerprint density at radius 2 is 2.04 bits per heavy atom. The zero-order chi connectivity index (χ0) is 17.9. The standard InChI is InChI=1S/C17H21F3N2O2/c1-10(2)15(11-4-3-5-13(8-11)17(18,19)20)22-16(24)12-6-7-14(23)21-9-12/h3-5,8,10,12,15H,6-7,9H2,1-2H3,(H,21,23)(H,22,24)/t12-,15-/m0/s1. The molecule has 0 unspecified atom stereocenters. The monoisotopic (exact) mass is 342 g/mol. The third-order valence-corrected chi connectivity index (χ3v) is 4.17. The second-order valence-electron chi connectivity index (χ2n) is 6.39. The summed E-state index contributed by atoms with van der Waals surface area (Å²) in [6.07, 6.45) is -3.69. The maximum atomic E-state index is 12.9. The van der Waals surface area contributed by atoms with Crippen LogP contribution in [0.25, 0.3) is 0 Å². The van der Waals surface area contributed by atoms with Crippen molar-refractivity contribution in [3.8, 4) is 0 Å². The molecule has 2 N–H and O–H groups in total. The molecular formula is C17H21F3N2O2. The summed E-state index contributed by atoms with van der Waals surface area (Å²) in [6, 6.07) is 4.51. The summed E-state index contributed by atoms with van der Waals surface area (Å²) < 4.78 is 38.7. The number of alkyl halides is 3. The van der Waals surface area contributed by atoms with Crippen LogP contribution in [0.15, 0.2) is 24.3 Å². The molecule has 4 nitrogen and oxygen atoms in total. The highest BCUT2D eigenvalue weighted by Crippen LogP contribution is 2.32. The van der Waals surface area contributed by atoms with Crippen molar-refractivity contribution in [2.75, 3.05) is 6.54 Å². The van der Waals surface area contributed by atoms with Gasteiger partial charge in [-0.2, -0.15) is 13.2 Å². The number of halogens is 3. The summed E-state index contributed by atoms with van der Waals surface area (Å²) in [5.74, 6) is -0.756. The summed E-state index contributed by atoms with van der Waals surface area (Å²) in [6.45, 7) is 3.94. The molecule has 2 atom stereocenters. The summed E-state index contributed by atoms with van der Waals surface area (Å²) >= 11 is 0. The minimum Gasteiger partial charge on any atom is -0.355 e. The molecule has 132 valence electrons. The van der Waals surface area contributed by atoms with Gasteiger partial charge in [0, 0.05) is 13.0 Å². The first kappa shape index (κ1) is 18.3. The van der Waals surface area contributed by atoms with Crippen LogP contribution in [0, 0.1) is 11.8 Å². The molecule has 0 aliphatic carbocycles. The van der Waals surface area contributed by atoms with Gasteiger partial charge in [0.05, 0.1) is 17.5 Å². The van der Waals surface area contributed by atoms with E-state index < -0.39 is 17.8 Å². The molecule has 0 spiro atoms. The van der Waals surface area contributed by atoms with E-state index >= 15 is 0 Å². The van der Waals surface area contributed by atoms with Crippen molar-refractivity contribution < 1.29 is 22.8 Å². The van der Waals surface area contributed by atoms with Gasteiger partial charge in [0.15, 0.2) is 0 Å². The topological polar surface area (TPSA) is 58.2 Å². The Balaban J connectivity index is 2.15. The van der Waals surface area contributed by atoms with Crippen molar-refractivity contribution in [3.63, 3.8) is 0 Å². The first-order valence-electron chi connectivity index (χ1n) is 7.92. The number of rotatable bonds is 4. The number of hydrogen-bond donors (Lipinski definition) is 2. The maximum Gasteiger partial charge on any atom is 0.416 e. The Morgan fingerprint density at radius 3 is 2.58 bits per heavy atom. The van der Waals surface area contributed by atoms with Gasteiger partial charge in [0.2, 0.25) is 11.8 Å². The van der Waals surface area contributed by atoms with Gasteiger partial charge < -0.3 is 10.6 Å². The lowest BCUT2D eigenvalue weighted by Gasteiger charge is -2.28. The minimum atomic E-state index is -4.42. The fraction of sp³-hybridized carbons (Fsp3) is 0.529. The first-order chi connectivity index (χ1) is 11.2. The molecule has 1 fully saturated rings. The molecule has 0 bridgehead atoms. The molecule has 24 heavy (non-hydrogen) atoms. The molecule has 0 saturated carbocycles. The summed E-state index contributed by atoms with van der Waals surface area (Å²) in [5.41, 5.74) is -0.308. The van der Waals surface area contributed by atoms with Crippen LogP contribution in [0.1, 0.15) is 43.9 Å². The van der Waals surface area contributed by atoms with Crippen LogP contribution in [-0.2, 0) is 15.8 Å². The second kappa shape index (κ2) is 7.23. The lowest BCUT2D eigenvalue weighted by atomic mass is 9.92. The Morgan fingerprint density at radius 1 is 1.33 bits per heavy atom. The van der Waals surface area contributed by atoms with E-state index in [1.54, 1.807) is 6.07 Å². The lowest BCUT2D eigenvalue weighted by molar-refractivity contribution is -0.137. The van der Waals surface area contributed by atoms with Crippen LogP contribution < -0.4 is 10.6 Å². The van der Waals surface area contributed by atoms with Crippen LogP contribution in [0.5, 0.6) is 0 Å². The van der Waals surface area contributed by atoms with Crippen LogP contribution in [0.2, 0.25) is 0 Å². The Kier molecular flexibility index (Phi) is 5.51. The van der Waals surface area contributed by atoms with Crippen LogP contribution >= 0.6 is 0 Å². The van der Waals surface area contributed by atoms with Gasteiger partial charge in [-0.3, -0.25) is 9.59 Å². The van der Waals surface area contributed by atoms with Gasteiger partial charge in [0.1, 0.15) is 0 Å². The van der Waals surface area contributed by atoms with Gasteiger partial charge in [-0.05, 0) is 30.0 Å². The SMILES string of the molecule is CC(C)[C@H](NC(=O)[C@H]1CCC(=O)NC1)c1cccc(C(F)(F)F)c1. The number of carbonyl (C=O) groups is 2. The third kappa shape index (κ3) is 4.49. The van der Waals surface area contributed by atoms with Crippen LogP contribution in [0.4, 0.5) is 13.2 Å². The number of hydrogen-bond acceptors (Lipinski definition) is 2. The molecule has 1 aliphatic rings. The van der Waals surface area contributed by atoms with Crippen molar-refractivity contribution in [2.45, 2.75) is 38.9 Å². The van der Waals surface area contributed by atoms with Gasteiger partial charge in [0.25, 0.3) is 0 Å². The number of piperidine rings is 1. The summed E-state index contributed by atoms with van der Waals surface area (Å²) in [4.78, 5) is 23.6. The Labute approximate surface area is 138 Å². The van der Waals surface area contributed by atoms with Crippen LogP contribution in [0.3, 0.4) is 0 Å². The molecule has 1 aromatic rings. The number of benzene rings is 1.